The van der Waals surface area contributed by atoms with Crippen LogP contribution in [-0.2, 0) is 10.0 Å². The number of aromatic nitrogens is 2. The third kappa shape index (κ3) is 7.32. The summed E-state index contributed by atoms with van der Waals surface area (Å²) in [6.07, 6.45) is 3.49. The first-order valence-electron chi connectivity index (χ1n) is 8.94. The van der Waals surface area contributed by atoms with E-state index in [1.807, 2.05) is 0 Å². The predicted molar refractivity (Wildman–Crippen MR) is 112 cm³/mol. The Labute approximate surface area is 178 Å². The molecule has 0 saturated carbocycles. The first-order chi connectivity index (χ1) is 13.9. The van der Waals surface area contributed by atoms with E-state index in [2.05, 4.69) is 24.7 Å². The second kappa shape index (κ2) is 11.6. The molecular weight excluding hydrogens is 443 g/mol. The number of aliphatic hydroxyl groups is 1. The van der Waals surface area contributed by atoms with Crippen molar-refractivity contribution in [1.82, 2.24) is 14.7 Å². The zero-order valence-corrected chi connectivity index (χ0v) is 18.0. The fourth-order valence-electron chi connectivity index (χ4n) is 2.50. The Morgan fingerprint density at radius 2 is 2.07 bits per heavy atom. The molecule has 2 rings (SSSR count). The second-order valence-electron chi connectivity index (χ2n) is 6.16. The number of unbranched alkanes of at least 4 members (excludes halogenated alkanes) is 1. The molecule has 0 amide bonds. The minimum Gasteiger partial charge on any atom is -0.395 e. The quantitative estimate of drug-likeness (QED) is 0.280. The number of hydrogen-bond donors (Lipinski definition) is 5. The van der Waals surface area contributed by atoms with Gasteiger partial charge < -0.3 is 21.5 Å². The summed E-state index contributed by atoms with van der Waals surface area (Å²) in [6.45, 7) is 1.78. The minimum atomic E-state index is -4.17. The van der Waals surface area contributed by atoms with Crippen LogP contribution in [0.3, 0.4) is 0 Å². The number of aliphatic hydroxyl groups excluding tert-OH is 1. The van der Waals surface area contributed by atoms with E-state index in [1.54, 1.807) is 0 Å². The topological polar surface area (TPSA) is 142 Å². The van der Waals surface area contributed by atoms with Crippen LogP contribution in [-0.4, -0.2) is 55.2 Å². The molecule has 162 valence electrons. The van der Waals surface area contributed by atoms with E-state index in [4.69, 9.17) is 17.3 Å². The van der Waals surface area contributed by atoms with Gasteiger partial charge in [-0.25, -0.2) is 17.8 Å². The number of anilines is 2. The lowest BCUT2D eigenvalue weighted by atomic mass is 10.2. The molecule has 0 spiro atoms. The van der Waals surface area contributed by atoms with Gasteiger partial charge in [0.25, 0.3) is 10.0 Å². The van der Waals surface area contributed by atoms with Crippen LogP contribution >= 0.6 is 23.1 Å². The molecule has 9 nitrogen and oxygen atoms in total. The number of nitrogens with one attached hydrogen (secondary N) is 3. The van der Waals surface area contributed by atoms with Crippen LogP contribution in [0.2, 0.25) is 5.02 Å². The zero-order chi connectivity index (χ0) is 21.3. The molecule has 0 aliphatic heterocycles. The summed E-state index contributed by atoms with van der Waals surface area (Å²) in [5.74, 6) is -0.928. The summed E-state index contributed by atoms with van der Waals surface area (Å²) in [6, 6.07) is 2.10. The lowest BCUT2D eigenvalue weighted by Gasteiger charge is -2.15. The number of rotatable bonds is 13. The Hall–Kier alpha value is -1.57. The van der Waals surface area contributed by atoms with Crippen LogP contribution in [0.1, 0.15) is 19.3 Å². The van der Waals surface area contributed by atoms with Gasteiger partial charge in [-0.1, -0.05) is 11.6 Å². The van der Waals surface area contributed by atoms with Crippen molar-refractivity contribution < 1.29 is 17.9 Å². The van der Waals surface area contributed by atoms with Gasteiger partial charge in [0.15, 0.2) is 0 Å². The monoisotopic (exact) mass is 466 g/mol. The summed E-state index contributed by atoms with van der Waals surface area (Å²) >= 11 is 6.96. The fourth-order valence-corrected chi connectivity index (χ4v) is 4.54. The van der Waals surface area contributed by atoms with Crippen molar-refractivity contribution >= 4 is 44.0 Å². The van der Waals surface area contributed by atoms with Crippen LogP contribution in [0, 0.1) is 5.82 Å². The number of sulfonamides is 1. The van der Waals surface area contributed by atoms with E-state index in [1.165, 1.54) is 6.33 Å². The van der Waals surface area contributed by atoms with E-state index >= 15 is 0 Å². The average Bonchev–Trinajstić information content (AvgIpc) is 3.17. The Bertz CT molecular complexity index is 870. The van der Waals surface area contributed by atoms with Crippen molar-refractivity contribution in [1.29, 1.82) is 0 Å². The van der Waals surface area contributed by atoms with Gasteiger partial charge >= 0.3 is 0 Å². The van der Waals surface area contributed by atoms with Crippen molar-refractivity contribution in [2.24, 2.45) is 5.73 Å². The molecule has 0 saturated heterocycles. The smallest absolute Gasteiger partial charge is 0.266 e. The van der Waals surface area contributed by atoms with E-state index < -0.39 is 20.7 Å². The average molecular weight is 467 g/mol. The summed E-state index contributed by atoms with van der Waals surface area (Å²) in [5, 5.41) is 15.5. The van der Waals surface area contributed by atoms with Crippen LogP contribution < -0.4 is 21.1 Å². The van der Waals surface area contributed by atoms with E-state index in [0.717, 1.165) is 36.5 Å². The number of nitrogens with two attached hydrogens (primary N) is 1. The number of halogens is 2. The molecule has 0 bridgehead atoms. The van der Waals surface area contributed by atoms with Gasteiger partial charge in [-0.2, -0.15) is 4.37 Å². The van der Waals surface area contributed by atoms with Gasteiger partial charge in [-0.05, 0) is 44.5 Å². The lowest BCUT2D eigenvalue weighted by Crippen LogP contribution is -2.35. The van der Waals surface area contributed by atoms with Crippen molar-refractivity contribution in [3.8, 4) is 0 Å². The molecule has 29 heavy (non-hydrogen) atoms. The summed E-state index contributed by atoms with van der Waals surface area (Å²) in [5.41, 5.74) is 5.78. The zero-order valence-electron chi connectivity index (χ0n) is 15.6. The standard InChI is InChI=1S/C16H24ClFN6O3S2/c17-12-7-15(29(26,27)24-16-22-10-23-28-16)13(18)8-14(12)21-6-2-1-5-20-11(9-25)3-4-19/h7-8,10-11,20-21,25H,1-6,9,19H2,(H,22,23,24)/t11-/m0/s1. The van der Waals surface area contributed by atoms with E-state index in [9.17, 15) is 17.9 Å². The highest BCUT2D eigenvalue weighted by atomic mass is 35.5. The normalized spacial score (nSPS) is 12.7. The fraction of sp³-hybridized carbons (Fsp3) is 0.500. The Morgan fingerprint density at radius 1 is 1.31 bits per heavy atom. The highest BCUT2D eigenvalue weighted by Crippen LogP contribution is 2.29. The third-order valence-corrected chi connectivity index (χ3v) is 6.36. The van der Waals surface area contributed by atoms with Gasteiger partial charge in [0.05, 0.1) is 17.3 Å². The first-order valence-corrected chi connectivity index (χ1v) is 11.6. The summed E-state index contributed by atoms with van der Waals surface area (Å²) in [4.78, 5) is 3.14. The maximum absolute atomic E-state index is 14.4. The number of hydrogen-bond acceptors (Lipinski definition) is 9. The van der Waals surface area contributed by atoms with E-state index in [0.29, 0.717) is 31.7 Å². The molecule has 1 aromatic carbocycles. The molecule has 0 aliphatic rings. The van der Waals surface area contributed by atoms with Gasteiger partial charge in [0, 0.05) is 24.1 Å². The highest BCUT2D eigenvalue weighted by Gasteiger charge is 2.22. The SMILES string of the molecule is NCC[C@@H](CO)NCCCCNc1cc(F)c(S(=O)(=O)Nc2ncns2)cc1Cl. The largest absolute Gasteiger partial charge is 0.395 e. The van der Waals surface area contributed by atoms with Crippen LogP contribution in [0.15, 0.2) is 23.4 Å². The molecule has 1 aromatic heterocycles. The third-order valence-electron chi connectivity index (χ3n) is 3.98. The molecule has 0 fully saturated rings. The Balaban J connectivity index is 1.87. The number of benzene rings is 1. The minimum absolute atomic E-state index is 0.0141. The van der Waals surface area contributed by atoms with Crippen LogP contribution in [0.25, 0.3) is 0 Å². The van der Waals surface area contributed by atoms with Gasteiger partial charge in [-0.15, -0.1) is 0 Å². The summed E-state index contributed by atoms with van der Waals surface area (Å²) in [7, 11) is -4.17. The molecule has 0 unspecified atom stereocenters. The molecule has 0 aliphatic carbocycles. The Kier molecular flexibility index (Phi) is 9.46. The molecular formula is C16H24ClFN6O3S2. The van der Waals surface area contributed by atoms with Gasteiger partial charge in [-0.3, -0.25) is 4.72 Å². The van der Waals surface area contributed by atoms with Crippen molar-refractivity contribution in [3.63, 3.8) is 0 Å². The molecule has 2 aromatic rings. The maximum Gasteiger partial charge on any atom is 0.266 e. The second-order valence-corrected chi connectivity index (χ2v) is 9.00. The predicted octanol–water partition coefficient (Wildman–Crippen LogP) is 1.62. The van der Waals surface area contributed by atoms with E-state index in [-0.39, 0.29) is 22.8 Å². The maximum atomic E-state index is 14.4. The van der Waals surface area contributed by atoms with Crippen LogP contribution in [0.5, 0.6) is 0 Å². The lowest BCUT2D eigenvalue weighted by molar-refractivity contribution is 0.237. The van der Waals surface area contributed by atoms with Crippen LogP contribution in [0.4, 0.5) is 15.2 Å². The van der Waals surface area contributed by atoms with Gasteiger partial charge in [0.1, 0.15) is 17.0 Å². The number of nitrogens with zero attached hydrogens (tertiary/aromatic N) is 2. The first kappa shape index (κ1) is 23.7. The highest BCUT2D eigenvalue weighted by molar-refractivity contribution is 7.93. The molecule has 13 heteroatoms. The Morgan fingerprint density at radius 3 is 2.72 bits per heavy atom. The summed E-state index contributed by atoms with van der Waals surface area (Å²) < 4.78 is 44.9. The van der Waals surface area contributed by atoms with Crippen molar-refractivity contribution in [2.45, 2.75) is 30.2 Å². The van der Waals surface area contributed by atoms with Crippen molar-refractivity contribution in [3.05, 3.63) is 29.3 Å². The van der Waals surface area contributed by atoms with Gasteiger partial charge in [0.2, 0.25) is 5.13 Å². The molecule has 0 radical (unpaired) electrons. The molecule has 6 N–H and O–H groups in total. The van der Waals surface area contributed by atoms with Crippen molar-refractivity contribution in [2.75, 3.05) is 36.3 Å². The molecule has 1 atom stereocenters. The molecule has 1 heterocycles.